The molecule has 1 aliphatic heterocycles. The molecule has 4 rings (SSSR count). The van der Waals surface area contributed by atoms with Crippen molar-refractivity contribution in [3.63, 3.8) is 0 Å². The van der Waals surface area contributed by atoms with Gasteiger partial charge < -0.3 is 14.5 Å². The van der Waals surface area contributed by atoms with Crippen molar-refractivity contribution >= 4 is 22.6 Å². The summed E-state index contributed by atoms with van der Waals surface area (Å²) in [5, 5.41) is 3.82. The van der Waals surface area contributed by atoms with Crippen LogP contribution in [-0.4, -0.2) is 5.91 Å². The first-order chi connectivity index (χ1) is 9.81. The molecule has 4 heteroatoms. The van der Waals surface area contributed by atoms with Gasteiger partial charge in [0, 0.05) is 10.9 Å². The number of rotatable bonds is 1. The topological polar surface area (TPSA) is 51.5 Å². The van der Waals surface area contributed by atoms with Crippen molar-refractivity contribution in [3.8, 4) is 5.75 Å². The Morgan fingerprint density at radius 3 is 2.90 bits per heavy atom. The van der Waals surface area contributed by atoms with E-state index < -0.39 is 6.10 Å². The first-order valence-corrected chi connectivity index (χ1v) is 6.35. The zero-order valence-corrected chi connectivity index (χ0v) is 10.5. The Morgan fingerprint density at radius 1 is 1.05 bits per heavy atom. The minimum atomic E-state index is -0.635. The zero-order valence-electron chi connectivity index (χ0n) is 10.5. The number of carbonyl (C=O) groups is 1. The van der Waals surface area contributed by atoms with Gasteiger partial charge >= 0.3 is 0 Å². The molecule has 1 amide bonds. The lowest BCUT2D eigenvalue weighted by Gasteiger charge is -2.25. The second kappa shape index (κ2) is 4.13. The molecule has 1 unspecified atom stereocenters. The second-order valence-electron chi connectivity index (χ2n) is 4.70. The molecule has 0 saturated heterocycles. The normalized spacial score (nSPS) is 17.4. The van der Waals surface area contributed by atoms with Crippen LogP contribution in [0.3, 0.4) is 0 Å². The lowest BCUT2D eigenvalue weighted by Crippen LogP contribution is -2.29. The summed E-state index contributed by atoms with van der Waals surface area (Å²) in [5.41, 5.74) is 2.31. The number of hydrogen-bond acceptors (Lipinski definition) is 3. The van der Waals surface area contributed by atoms with Gasteiger partial charge in [-0.15, -0.1) is 0 Å². The highest BCUT2D eigenvalue weighted by Gasteiger charge is 2.29. The van der Waals surface area contributed by atoms with Crippen molar-refractivity contribution in [1.82, 2.24) is 0 Å². The second-order valence-corrected chi connectivity index (χ2v) is 4.70. The fraction of sp³-hybridized carbons (Fsp3) is 0.0625. The number of fused-ring (bicyclic) bond motifs is 2. The molecule has 0 saturated carbocycles. The number of furan rings is 1. The van der Waals surface area contributed by atoms with E-state index in [1.165, 1.54) is 0 Å². The number of benzene rings is 2. The van der Waals surface area contributed by atoms with Crippen LogP contribution in [0.15, 0.2) is 59.2 Å². The summed E-state index contributed by atoms with van der Waals surface area (Å²) in [6, 6.07) is 14.9. The van der Waals surface area contributed by atoms with Gasteiger partial charge in [0.15, 0.2) is 0 Å². The molecule has 0 spiro atoms. The van der Waals surface area contributed by atoms with Gasteiger partial charge in [-0.2, -0.15) is 0 Å². The number of para-hydroxylation sites is 2. The molecule has 0 bridgehead atoms. The maximum Gasteiger partial charge on any atom is 0.270 e. The minimum Gasteiger partial charge on any atom is -0.474 e. The van der Waals surface area contributed by atoms with Crippen molar-refractivity contribution in [2.24, 2.45) is 0 Å². The number of ether oxygens (including phenoxy) is 1. The highest BCUT2D eigenvalue weighted by molar-refractivity contribution is 5.98. The number of hydrogen-bond donors (Lipinski definition) is 1. The predicted molar refractivity (Wildman–Crippen MR) is 74.7 cm³/mol. The van der Waals surface area contributed by atoms with Crippen LogP contribution in [0.5, 0.6) is 5.75 Å². The third-order valence-electron chi connectivity index (χ3n) is 3.41. The van der Waals surface area contributed by atoms with E-state index in [1.54, 1.807) is 6.26 Å². The van der Waals surface area contributed by atoms with Gasteiger partial charge in [-0.25, -0.2) is 0 Å². The first-order valence-electron chi connectivity index (χ1n) is 6.35. The highest BCUT2D eigenvalue weighted by atomic mass is 16.5. The van der Waals surface area contributed by atoms with E-state index in [9.17, 15) is 4.79 Å². The number of anilines is 1. The van der Waals surface area contributed by atoms with Gasteiger partial charge in [-0.3, -0.25) is 4.79 Å². The van der Waals surface area contributed by atoms with Crippen LogP contribution in [0.4, 0.5) is 5.69 Å². The molecule has 1 aliphatic rings. The molecular formula is C16H11NO3. The molecule has 2 heterocycles. The first kappa shape index (κ1) is 11.1. The molecule has 1 N–H and O–H groups in total. The Bertz CT molecular complexity index is 806. The third-order valence-corrected chi connectivity index (χ3v) is 3.41. The maximum atomic E-state index is 12.2. The van der Waals surface area contributed by atoms with Crippen LogP contribution in [0, 0.1) is 0 Å². The van der Waals surface area contributed by atoms with E-state index in [0.29, 0.717) is 11.4 Å². The van der Waals surface area contributed by atoms with Crippen LogP contribution < -0.4 is 10.1 Å². The van der Waals surface area contributed by atoms with Crippen molar-refractivity contribution in [2.45, 2.75) is 6.10 Å². The summed E-state index contributed by atoms with van der Waals surface area (Å²) >= 11 is 0. The van der Waals surface area contributed by atoms with Crippen molar-refractivity contribution in [1.29, 1.82) is 0 Å². The van der Waals surface area contributed by atoms with Crippen molar-refractivity contribution in [3.05, 3.63) is 60.4 Å². The maximum absolute atomic E-state index is 12.2. The molecule has 98 valence electrons. The minimum absolute atomic E-state index is 0.161. The van der Waals surface area contributed by atoms with E-state index in [0.717, 1.165) is 16.5 Å². The average molecular weight is 265 g/mol. The monoisotopic (exact) mass is 265 g/mol. The molecule has 2 aromatic carbocycles. The smallest absolute Gasteiger partial charge is 0.270 e. The molecule has 0 radical (unpaired) electrons. The van der Waals surface area contributed by atoms with E-state index >= 15 is 0 Å². The molecule has 1 atom stereocenters. The summed E-state index contributed by atoms with van der Waals surface area (Å²) in [6.07, 6.45) is 0.996. The molecule has 3 aromatic rings. The Hall–Kier alpha value is -2.75. The quantitative estimate of drug-likeness (QED) is 0.732. The molecule has 4 nitrogen and oxygen atoms in total. The fourth-order valence-electron chi connectivity index (χ4n) is 2.42. The lowest BCUT2D eigenvalue weighted by molar-refractivity contribution is -0.123. The number of amides is 1. The molecular weight excluding hydrogens is 254 g/mol. The van der Waals surface area contributed by atoms with Crippen LogP contribution >= 0.6 is 0 Å². The average Bonchev–Trinajstić information content (AvgIpc) is 2.94. The van der Waals surface area contributed by atoms with E-state index in [-0.39, 0.29) is 5.91 Å². The van der Waals surface area contributed by atoms with E-state index in [4.69, 9.17) is 9.15 Å². The summed E-state index contributed by atoms with van der Waals surface area (Å²) in [7, 11) is 0. The SMILES string of the molecule is O=C1Nc2ccccc2OC1c1ccc2occc2c1. The van der Waals surface area contributed by atoms with Gasteiger partial charge in [0.25, 0.3) is 5.91 Å². The lowest BCUT2D eigenvalue weighted by atomic mass is 10.1. The Morgan fingerprint density at radius 2 is 1.95 bits per heavy atom. The summed E-state index contributed by atoms with van der Waals surface area (Å²) in [6.45, 7) is 0. The van der Waals surface area contributed by atoms with Crippen LogP contribution in [0.1, 0.15) is 11.7 Å². The summed E-state index contributed by atoms with van der Waals surface area (Å²) < 4.78 is 11.1. The zero-order chi connectivity index (χ0) is 13.5. The highest BCUT2D eigenvalue weighted by Crippen LogP contribution is 2.35. The Balaban J connectivity index is 1.76. The van der Waals surface area contributed by atoms with Gasteiger partial charge in [0.2, 0.25) is 6.10 Å². The standard InChI is InChI=1S/C16H11NO3/c18-16-15(20-14-4-2-1-3-12(14)17-16)11-5-6-13-10(9-11)7-8-19-13/h1-9,15H,(H,17,18). The summed E-state index contributed by atoms with van der Waals surface area (Å²) in [5.74, 6) is 0.524. The number of carbonyl (C=O) groups excluding carboxylic acids is 1. The predicted octanol–water partition coefficient (Wildman–Crippen LogP) is 3.51. The number of nitrogens with one attached hydrogen (secondary N) is 1. The van der Waals surface area contributed by atoms with Gasteiger partial charge in [0.1, 0.15) is 11.3 Å². The molecule has 0 fully saturated rings. The van der Waals surface area contributed by atoms with Crippen LogP contribution in [0.2, 0.25) is 0 Å². The third kappa shape index (κ3) is 1.66. The van der Waals surface area contributed by atoms with Gasteiger partial charge in [-0.1, -0.05) is 18.2 Å². The fourth-order valence-corrected chi connectivity index (χ4v) is 2.42. The van der Waals surface area contributed by atoms with Crippen LogP contribution in [0.25, 0.3) is 11.0 Å². The Kier molecular flexibility index (Phi) is 2.29. The molecule has 1 aromatic heterocycles. The largest absolute Gasteiger partial charge is 0.474 e. The van der Waals surface area contributed by atoms with Crippen molar-refractivity contribution < 1.29 is 13.9 Å². The summed E-state index contributed by atoms with van der Waals surface area (Å²) in [4.78, 5) is 12.2. The van der Waals surface area contributed by atoms with Gasteiger partial charge in [0.05, 0.1) is 12.0 Å². The molecule has 20 heavy (non-hydrogen) atoms. The van der Waals surface area contributed by atoms with Crippen LogP contribution in [-0.2, 0) is 4.79 Å². The van der Waals surface area contributed by atoms with E-state index in [2.05, 4.69) is 5.32 Å². The van der Waals surface area contributed by atoms with E-state index in [1.807, 2.05) is 48.5 Å². The molecule has 0 aliphatic carbocycles. The van der Waals surface area contributed by atoms with Gasteiger partial charge in [-0.05, 0) is 30.3 Å². The Labute approximate surface area is 115 Å². The van der Waals surface area contributed by atoms with Crippen molar-refractivity contribution in [2.75, 3.05) is 5.32 Å².